The van der Waals surface area contributed by atoms with Crippen molar-refractivity contribution in [1.29, 1.82) is 0 Å². The zero-order chi connectivity index (χ0) is 14.4. The molecule has 20 heavy (non-hydrogen) atoms. The monoisotopic (exact) mass is 277 g/mol. The van der Waals surface area contributed by atoms with Gasteiger partial charge in [-0.2, -0.15) is 0 Å². The third-order valence-corrected chi connectivity index (χ3v) is 3.89. The number of hydrogen-bond donors (Lipinski definition) is 1. The molecular formula is C16H23NO3. The number of carbonyl (C=O) groups is 1. The number of nitrogens with zero attached hydrogens (tertiary/aromatic N) is 1. The molecule has 1 saturated heterocycles. The summed E-state index contributed by atoms with van der Waals surface area (Å²) in [6, 6.07) is 7.32. The van der Waals surface area contributed by atoms with Crippen molar-refractivity contribution in [2.45, 2.75) is 19.3 Å². The van der Waals surface area contributed by atoms with Crippen LogP contribution >= 0.6 is 0 Å². The lowest BCUT2D eigenvalue weighted by Gasteiger charge is -2.15. The molecule has 4 nitrogen and oxygen atoms in total. The van der Waals surface area contributed by atoms with Gasteiger partial charge in [-0.25, -0.2) is 4.79 Å². The number of ether oxygens (including phenoxy) is 1. The van der Waals surface area contributed by atoms with E-state index in [0.29, 0.717) is 11.5 Å². The van der Waals surface area contributed by atoms with E-state index in [0.717, 1.165) is 44.6 Å². The fourth-order valence-corrected chi connectivity index (χ4v) is 2.88. The summed E-state index contributed by atoms with van der Waals surface area (Å²) in [5.41, 5.74) is 1.52. The molecule has 0 spiro atoms. The maximum Gasteiger partial charge on any atom is 0.335 e. The number of benzene rings is 1. The van der Waals surface area contributed by atoms with Gasteiger partial charge in [0, 0.05) is 26.8 Å². The molecule has 1 fully saturated rings. The van der Waals surface area contributed by atoms with Crippen LogP contribution in [0.5, 0.6) is 0 Å². The van der Waals surface area contributed by atoms with Gasteiger partial charge in [0.1, 0.15) is 0 Å². The normalized spacial score (nSPS) is 19.4. The van der Waals surface area contributed by atoms with Crippen LogP contribution in [0.15, 0.2) is 24.3 Å². The molecular weight excluding hydrogens is 254 g/mol. The van der Waals surface area contributed by atoms with Crippen molar-refractivity contribution in [3.63, 3.8) is 0 Å². The Kier molecular flexibility index (Phi) is 5.56. The van der Waals surface area contributed by atoms with Gasteiger partial charge in [0.2, 0.25) is 0 Å². The largest absolute Gasteiger partial charge is 0.478 e. The minimum Gasteiger partial charge on any atom is -0.478 e. The standard InChI is InChI=1S/C16H23NO3/c1-20-9-3-7-17-8-6-14(12-17)10-13-4-2-5-15(11-13)16(18)19/h2,4-5,11,14H,3,6-10,12H2,1H3,(H,18,19)/t14-/m1/s1. The summed E-state index contributed by atoms with van der Waals surface area (Å²) in [5.74, 6) is -0.207. The minimum absolute atomic E-state index is 0.387. The van der Waals surface area contributed by atoms with Crippen molar-refractivity contribution in [2.24, 2.45) is 5.92 Å². The number of methoxy groups -OCH3 is 1. The summed E-state index contributed by atoms with van der Waals surface area (Å²) in [6.07, 6.45) is 3.25. The molecule has 1 aliphatic heterocycles. The number of aromatic carboxylic acids is 1. The lowest BCUT2D eigenvalue weighted by molar-refractivity contribution is 0.0696. The van der Waals surface area contributed by atoms with Crippen LogP contribution in [0.25, 0.3) is 0 Å². The van der Waals surface area contributed by atoms with Gasteiger partial charge < -0.3 is 14.7 Å². The Labute approximate surface area is 120 Å². The summed E-state index contributed by atoms with van der Waals surface area (Å²) in [4.78, 5) is 13.4. The number of carboxylic acid groups (broad SMARTS) is 1. The Morgan fingerprint density at radius 2 is 2.35 bits per heavy atom. The van der Waals surface area contributed by atoms with Crippen LogP contribution in [0.2, 0.25) is 0 Å². The average molecular weight is 277 g/mol. The molecule has 0 saturated carbocycles. The summed E-state index contributed by atoms with van der Waals surface area (Å²) in [5, 5.41) is 9.01. The molecule has 0 aromatic heterocycles. The first-order chi connectivity index (χ1) is 9.69. The Balaban J connectivity index is 1.82. The molecule has 4 heteroatoms. The maximum absolute atomic E-state index is 11.0. The Morgan fingerprint density at radius 1 is 1.50 bits per heavy atom. The molecule has 110 valence electrons. The molecule has 2 rings (SSSR count). The van der Waals surface area contributed by atoms with E-state index in [1.54, 1.807) is 19.2 Å². The highest BCUT2D eigenvalue weighted by Crippen LogP contribution is 2.21. The van der Waals surface area contributed by atoms with Crippen molar-refractivity contribution in [3.05, 3.63) is 35.4 Å². The van der Waals surface area contributed by atoms with E-state index in [1.807, 2.05) is 12.1 Å². The molecule has 0 radical (unpaired) electrons. The summed E-state index contributed by atoms with van der Waals surface area (Å²) >= 11 is 0. The molecule has 0 aliphatic carbocycles. The smallest absolute Gasteiger partial charge is 0.335 e. The van der Waals surface area contributed by atoms with Gasteiger partial charge in [-0.05, 0) is 49.4 Å². The topological polar surface area (TPSA) is 49.8 Å². The van der Waals surface area contributed by atoms with E-state index < -0.39 is 5.97 Å². The highest BCUT2D eigenvalue weighted by atomic mass is 16.5. The quantitative estimate of drug-likeness (QED) is 0.777. The second kappa shape index (κ2) is 7.41. The molecule has 1 heterocycles. The van der Waals surface area contributed by atoms with E-state index in [-0.39, 0.29) is 0 Å². The van der Waals surface area contributed by atoms with E-state index in [2.05, 4.69) is 4.90 Å². The zero-order valence-corrected chi connectivity index (χ0v) is 12.0. The molecule has 0 unspecified atom stereocenters. The number of carboxylic acids is 1. The summed E-state index contributed by atoms with van der Waals surface area (Å²) in [6.45, 7) is 4.18. The second-order valence-electron chi connectivity index (χ2n) is 5.51. The number of rotatable bonds is 7. The fourth-order valence-electron chi connectivity index (χ4n) is 2.88. The molecule has 1 aromatic carbocycles. The molecule has 1 N–H and O–H groups in total. The highest BCUT2D eigenvalue weighted by molar-refractivity contribution is 5.87. The predicted octanol–water partition coefficient (Wildman–Crippen LogP) is 2.29. The van der Waals surface area contributed by atoms with E-state index in [1.165, 1.54) is 6.42 Å². The minimum atomic E-state index is -0.848. The highest BCUT2D eigenvalue weighted by Gasteiger charge is 2.22. The first-order valence-corrected chi connectivity index (χ1v) is 7.22. The van der Waals surface area contributed by atoms with Gasteiger partial charge in [-0.15, -0.1) is 0 Å². The van der Waals surface area contributed by atoms with Crippen molar-refractivity contribution in [2.75, 3.05) is 33.4 Å². The average Bonchev–Trinajstić information content (AvgIpc) is 2.87. The Bertz CT molecular complexity index is 447. The predicted molar refractivity (Wildman–Crippen MR) is 78.1 cm³/mol. The molecule has 1 aromatic rings. The maximum atomic E-state index is 11.0. The van der Waals surface area contributed by atoms with Gasteiger partial charge in [0.05, 0.1) is 5.56 Å². The van der Waals surface area contributed by atoms with Crippen LogP contribution in [0, 0.1) is 5.92 Å². The molecule has 0 bridgehead atoms. The van der Waals surface area contributed by atoms with Crippen molar-refractivity contribution in [3.8, 4) is 0 Å². The van der Waals surface area contributed by atoms with Crippen molar-refractivity contribution in [1.82, 2.24) is 4.90 Å². The number of likely N-dealkylation sites (tertiary alicyclic amines) is 1. The summed E-state index contributed by atoms with van der Waals surface area (Å²) < 4.78 is 5.08. The third-order valence-electron chi connectivity index (χ3n) is 3.89. The van der Waals surface area contributed by atoms with Crippen LogP contribution in [0.1, 0.15) is 28.8 Å². The second-order valence-corrected chi connectivity index (χ2v) is 5.51. The van der Waals surface area contributed by atoms with Crippen molar-refractivity contribution >= 4 is 5.97 Å². The Morgan fingerprint density at radius 3 is 3.10 bits per heavy atom. The molecule has 1 atom stereocenters. The van der Waals surface area contributed by atoms with Crippen LogP contribution in [0.4, 0.5) is 0 Å². The van der Waals surface area contributed by atoms with Gasteiger partial charge in [-0.1, -0.05) is 12.1 Å². The first-order valence-electron chi connectivity index (χ1n) is 7.22. The third kappa shape index (κ3) is 4.32. The zero-order valence-electron chi connectivity index (χ0n) is 12.0. The van der Waals surface area contributed by atoms with E-state index >= 15 is 0 Å². The lowest BCUT2D eigenvalue weighted by atomic mass is 9.97. The number of hydrogen-bond acceptors (Lipinski definition) is 3. The van der Waals surface area contributed by atoms with E-state index in [4.69, 9.17) is 9.84 Å². The summed E-state index contributed by atoms with van der Waals surface area (Å²) in [7, 11) is 1.74. The molecule has 0 amide bonds. The van der Waals surface area contributed by atoms with Crippen LogP contribution in [0.3, 0.4) is 0 Å². The van der Waals surface area contributed by atoms with Gasteiger partial charge >= 0.3 is 5.97 Å². The molecule has 1 aliphatic rings. The fraction of sp³-hybridized carbons (Fsp3) is 0.562. The van der Waals surface area contributed by atoms with E-state index in [9.17, 15) is 4.79 Å². The SMILES string of the molecule is COCCCN1CC[C@H](Cc2cccc(C(=O)O)c2)C1. The Hall–Kier alpha value is -1.39. The van der Waals surface area contributed by atoms with Gasteiger partial charge in [0.15, 0.2) is 0 Å². The van der Waals surface area contributed by atoms with Gasteiger partial charge in [0.25, 0.3) is 0 Å². The lowest BCUT2D eigenvalue weighted by Crippen LogP contribution is -2.23. The van der Waals surface area contributed by atoms with Crippen molar-refractivity contribution < 1.29 is 14.6 Å². The van der Waals surface area contributed by atoms with Crippen LogP contribution in [-0.2, 0) is 11.2 Å². The van der Waals surface area contributed by atoms with Gasteiger partial charge in [-0.3, -0.25) is 0 Å². The van der Waals surface area contributed by atoms with Crippen LogP contribution in [-0.4, -0.2) is 49.3 Å². The first kappa shape index (κ1) is 15.0. The van der Waals surface area contributed by atoms with Crippen LogP contribution < -0.4 is 0 Å².